The number of nitrogens with zero attached hydrogens (tertiary/aromatic N) is 1. The van der Waals surface area contributed by atoms with Crippen molar-refractivity contribution < 1.29 is 9.53 Å². The minimum Gasteiger partial charge on any atom is -0.381 e. The number of rotatable bonds is 6. The van der Waals surface area contributed by atoms with Gasteiger partial charge in [-0.3, -0.25) is 4.79 Å². The largest absolute Gasteiger partial charge is 0.381 e. The number of carbonyl (C=O) groups is 1. The Morgan fingerprint density at radius 3 is 2.74 bits per heavy atom. The Balaban J connectivity index is 0.00000324. The molecule has 1 aliphatic heterocycles. The average molecular weight is 293 g/mol. The summed E-state index contributed by atoms with van der Waals surface area (Å²) in [4.78, 5) is 14.1. The fraction of sp³-hybridized carbons (Fsp3) is 0.929. The summed E-state index contributed by atoms with van der Waals surface area (Å²) in [6, 6.07) is 0.228. The van der Waals surface area contributed by atoms with Crippen molar-refractivity contribution in [3.8, 4) is 0 Å². The van der Waals surface area contributed by atoms with E-state index in [4.69, 9.17) is 10.5 Å². The first-order valence-corrected chi connectivity index (χ1v) is 7.11. The highest BCUT2D eigenvalue weighted by molar-refractivity contribution is 5.85. The maximum absolute atomic E-state index is 12.1. The first-order valence-electron chi connectivity index (χ1n) is 7.11. The van der Waals surface area contributed by atoms with Crippen LogP contribution >= 0.6 is 12.4 Å². The van der Waals surface area contributed by atoms with Crippen LogP contribution in [0.15, 0.2) is 0 Å². The molecule has 0 aliphatic carbocycles. The van der Waals surface area contributed by atoms with Gasteiger partial charge in [0.05, 0.1) is 13.0 Å². The minimum atomic E-state index is 0. The molecule has 1 saturated heterocycles. The number of hydrogen-bond donors (Lipinski definition) is 1. The van der Waals surface area contributed by atoms with E-state index in [0.717, 1.165) is 26.0 Å². The monoisotopic (exact) mass is 292 g/mol. The van der Waals surface area contributed by atoms with Crippen LogP contribution in [0.25, 0.3) is 0 Å². The molecule has 0 aromatic rings. The average Bonchev–Trinajstić information content (AvgIpc) is 2.33. The van der Waals surface area contributed by atoms with E-state index < -0.39 is 0 Å². The second kappa shape index (κ2) is 9.56. The molecule has 1 amide bonds. The van der Waals surface area contributed by atoms with Gasteiger partial charge in [0.1, 0.15) is 0 Å². The summed E-state index contributed by atoms with van der Waals surface area (Å²) in [6.45, 7) is 9.13. The Labute approximate surface area is 123 Å². The summed E-state index contributed by atoms with van der Waals surface area (Å²) in [6.07, 6.45) is 2.61. The summed E-state index contributed by atoms with van der Waals surface area (Å²) in [7, 11) is 0. The van der Waals surface area contributed by atoms with E-state index in [2.05, 4.69) is 20.8 Å². The fourth-order valence-corrected chi connectivity index (χ4v) is 2.43. The van der Waals surface area contributed by atoms with Crippen LogP contribution in [0, 0.1) is 11.8 Å². The van der Waals surface area contributed by atoms with Gasteiger partial charge in [-0.15, -0.1) is 12.4 Å². The van der Waals surface area contributed by atoms with Crippen molar-refractivity contribution in [2.24, 2.45) is 17.6 Å². The van der Waals surface area contributed by atoms with E-state index in [-0.39, 0.29) is 24.4 Å². The Bertz CT molecular complexity index is 262. The predicted molar refractivity (Wildman–Crippen MR) is 80.5 cm³/mol. The zero-order valence-electron chi connectivity index (χ0n) is 12.4. The Morgan fingerprint density at radius 1 is 1.47 bits per heavy atom. The summed E-state index contributed by atoms with van der Waals surface area (Å²) in [5.74, 6) is 1.40. The third-order valence-corrected chi connectivity index (χ3v) is 3.48. The van der Waals surface area contributed by atoms with Crippen molar-refractivity contribution in [1.29, 1.82) is 0 Å². The zero-order chi connectivity index (χ0) is 13.5. The maximum Gasteiger partial charge on any atom is 0.225 e. The van der Waals surface area contributed by atoms with E-state index in [1.54, 1.807) is 0 Å². The lowest BCUT2D eigenvalue weighted by Crippen LogP contribution is -2.49. The molecule has 0 aromatic carbocycles. The van der Waals surface area contributed by atoms with E-state index in [0.29, 0.717) is 31.4 Å². The van der Waals surface area contributed by atoms with E-state index in [9.17, 15) is 4.79 Å². The molecule has 0 radical (unpaired) electrons. The van der Waals surface area contributed by atoms with Crippen LogP contribution in [-0.4, -0.2) is 43.2 Å². The maximum atomic E-state index is 12.1. The van der Waals surface area contributed by atoms with Gasteiger partial charge in [0.25, 0.3) is 0 Å². The molecule has 19 heavy (non-hydrogen) atoms. The third kappa shape index (κ3) is 6.59. The molecule has 0 saturated carbocycles. The molecule has 5 heteroatoms. The van der Waals surface area contributed by atoms with Crippen molar-refractivity contribution in [1.82, 2.24) is 4.90 Å². The van der Waals surface area contributed by atoms with Gasteiger partial charge in [-0.1, -0.05) is 20.8 Å². The molecule has 2 N–H and O–H groups in total. The Morgan fingerprint density at radius 2 is 2.16 bits per heavy atom. The molecule has 2 atom stereocenters. The van der Waals surface area contributed by atoms with Crippen molar-refractivity contribution in [2.45, 2.75) is 46.1 Å². The molecular formula is C14H29ClN2O2. The number of likely N-dealkylation sites (tertiary alicyclic amines) is 1. The number of halogens is 1. The van der Waals surface area contributed by atoms with Crippen LogP contribution in [0.4, 0.5) is 0 Å². The van der Waals surface area contributed by atoms with E-state index in [1.807, 2.05) is 4.90 Å². The van der Waals surface area contributed by atoms with Gasteiger partial charge in [-0.2, -0.15) is 0 Å². The summed E-state index contributed by atoms with van der Waals surface area (Å²) in [5, 5.41) is 0. The van der Waals surface area contributed by atoms with Gasteiger partial charge in [-0.05, 0) is 24.7 Å². The molecule has 4 nitrogen and oxygen atoms in total. The van der Waals surface area contributed by atoms with Crippen LogP contribution in [0.5, 0.6) is 0 Å². The Kier molecular flexibility index (Phi) is 9.40. The van der Waals surface area contributed by atoms with Crippen molar-refractivity contribution >= 4 is 18.3 Å². The van der Waals surface area contributed by atoms with Crippen LogP contribution in [0.1, 0.15) is 40.0 Å². The third-order valence-electron chi connectivity index (χ3n) is 3.48. The minimum absolute atomic E-state index is 0. The molecule has 2 unspecified atom stereocenters. The van der Waals surface area contributed by atoms with Crippen molar-refractivity contribution in [2.75, 3.05) is 26.3 Å². The smallest absolute Gasteiger partial charge is 0.225 e. The first-order chi connectivity index (χ1) is 8.54. The number of carbonyl (C=O) groups excluding carboxylic acids is 1. The topological polar surface area (TPSA) is 55.6 Å². The lowest BCUT2D eigenvalue weighted by atomic mass is 9.92. The van der Waals surface area contributed by atoms with Crippen LogP contribution in [0.3, 0.4) is 0 Å². The number of nitrogens with two attached hydrogens (primary N) is 1. The SMILES string of the molecule is CC(C)COCCC(=O)N1CCC(C)CC1CN.Cl. The van der Waals surface area contributed by atoms with Crippen LogP contribution in [-0.2, 0) is 9.53 Å². The summed E-state index contributed by atoms with van der Waals surface area (Å²) in [5.41, 5.74) is 5.76. The van der Waals surface area contributed by atoms with Crippen molar-refractivity contribution in [3.63, 3.8) is 0 Å². The quantitative estimate of drug-likeness (QED) is 0.763. The van der Waals surface area contributed by atoms with Crippen LogP contribution < -0.4 is 5.73 Å². The summed E-state index contributed by atoms with van der Waals surface area (Å²) >= 11 is 0. The number of amides is 1. The zero-order valence-corrected chi connectivity index (χ0v) is 13.2. The second-order valence-corrected chi connectivity index (χ2v) is 5.82. The first kappa shape index (κ1) is 18.7. The highest BCUT2D eigenvalue weighted by Gasteiger charge is 2.28. The van der Waals surface area contributed by atoms with Crippen LogP contribution in [0.2, 0.25) is 0 Å². The lowest BCUT2D eigenvalue weighted by Gasteiger charge is -2.38. The van der Waals surface area contributed by atoms with Gasteiger partial charge >= 0.3 is 0 Å². The Hall–Kier alpha value is -0.320. The molecule has 1 fully saturated rings. The van der Waals surface area contributed by atoms with Gasteiger partial charge in [0.15, 0.2) is 0 Å². The normalized spacial score (nSPS) is 23.3. The standard InChI is InChI=1S/C14H28N2O2.ClH/c1-11(2)10-18-7-5-14(17)16-6-4-12(3)8-13(16)9-15;/h11-13H,4-10,15H2,1-3H3;1H. The lowest BCUT2D eigenvalue weighted by molar-refractivity contribution is -0.136. The number of piperidine rings is 1. The molecule has 1 heterocycles. The van der Waals surface area contributed by atoms with Gasteiger partial charge in [0, 0.05) is 25.7 Å². The number of ether oxygens (including phenoxy) is 1. The highest BCUT2D eigenvalue weighted by Crippen LogP contribution is 2.22. The number of hydrogen-bond acceptors (Lipinski definition) is 3. The molecule has 0 aromatic heterocycles. The fourth-order valence-electron chi connectivity index (χ4n) is 2.43. The van der Waals surface area contributed by atoms with Crippen molar-refractivity contribution in [3.05, 3.63) is 0 Å². The molecule has 0 spiro atoms. The second-order valence-electron chi connectivity index (χ2n) is 5.82. The van der Waals surface area contributed by atoms with Gasteiger partial charge < -0.3 is 15.4 Å². The van der Waals surface area contributed by atoms with Gasteiger partial charge in [-0.25, -0.2) is 0 Å². The highest BCUT2D eigenvalue weighted by atomic mass is 35.5. The molecule has 114 valence electrons. The molecular weight excluding hydrogens is 264 g/mol. The predicted octanol–water partition coefficient (Wildman–Crippen LogP) is 2.06. The van der Waals surface area contributed by atoms with Gasteiger partial charge in [0.2, 0.25) is 5.91 Å². The van der Waals surface area contributed by atoms with E-state index >= 15 is 0 Å². The molecule has 1 aliphatic rings. The summed E-state index contributed by atoms with van der Waals surface area (Å²) < 4.78 is 5.47. The van der Waals surface area contributed by atoms with E-state index in [1.165, 1.54) is 0 Å². The molecule has 0 bridgehead atoms. The molecule has 1 rings (SSSR count).